The predicted molar refractivity (Wildman–Crippen MR) is 88.5 cm³/mol. The van der Waals surface area contributed by atoms with E-state index in [1.54, 1.807) is 6.07 Å². The summed E-state index contributed by atoms with van der Waals surface area (Å²) in [5.41, 5.74) is 1.70. The molecule has 0 aromatic heterocycles. The van der Waals surface area contributed by atoms with Gasteiger partial charge in [-0.15, -0.1) is 13.2 Å². The van der Waals surface area contributed by atoms with Crippen molar-refractivity contribution in [2.45, 2.75) is 63.5 Å². The fraction of sp³-hybridized carbons (Fsp3) is 0.684. The smallest absolute Gasteiger partial charge is 0.406 e. The molecule has 25 heavy (non-hydrogen) atoms. The number of hydrogen-bond acceptors (Lipinski definition) is 3. The largest absolute Gasteiger partial charge is 0.573 e. The Labute approximate surface area is 145 Å². The van der Waals surface area contributed by atoms with E-state index in [1.165, 1.54) is 44.2 Å². The van der Waals surface area contributed by atoms with E-state index in [-0.39, 0.29) is 11.9 Å². The molecular formula is C19H24F3NO2. The number of anilines is 1. The van der Waals surface area contributed by atoms with Gasteiger partial charge in [0.25, 0.3) is 0 Å². The fourth-order valence-electron chi connectivity index (χ4n) is 4.84. The molecule has 0 unspecified atom stereocenters. The minimum atomic E-state index is -4.67. The van der Waals surface area contributed by atoms with Crippen molar-refractivity contribution in [3.8, 4) is 5.75 Å². The van der Waals surface area contributed by atoms with Gasteiger partial charge in [-0.3, -0.25) is 0 Å². The van der Waals surface area contributed by atoms with E-state index in [4.69, 9.17) is 4.74 Å². The third-order valence-corrected chi connectivity index (χ3v) is 5.87. The Bertz CT molecular complexity index is 613. The number of nitrogens with one attached hydrogen (secondary N) is 1. The monoisotopic (exact) mass is 355 g/mol. The molecule has 1 aromatic rings. The second-order valence-electron chi connectivity index (χ2n) is 7.46. The molecule has 3 aliphatic rings. The lowest BCUT2D eigenvalue weighted by Gasteiger charge is -2.47. The second-order valence-corrected chi connectivity index (χ2v) is 7.46. The van der Waals surface area contributed by atoms with Gasteiger partial charge in [-0.25, -0.2) is 0 Å². The maximum absolute atomic E-state index is 12.5. The van der Waals surface area contributed by atoms with Gasteiger partial charge in [0.15, 0.2) is 0 Å². The summed E-state index contributed by atoms with van der Waals surface area (Å²) in [5.74, 6) is 0.782. The van der Waals surface area contributed by atoms with Crippen LogP contribution in [0.5, 0.6) is 5.75 Å². The van der Waals surface area contributed by atoms with Crippen molar-refractivity contribution in [3.05, 3.63) is 23.8 Å². The van der Waals surface area contributed by atoms with Gasteiger partial charge in [0.05, 0.1) is 6.10 Å². The van der Waals surface area contributed by atoms with Gasteiger partial charge in [-0.05, 0) is 49.8 Å². The summed E-state index contributed by atoms with van der Waals surface area (Å²) in [4.78, 5) is 0. The van der Waals surface area contributed by atoms with Crippen molar-refractivity contribution in [1.29, 1.82) is 0 Å². The van der Waals surface area contributed by atoms with Crippen molar-refractivity contribution < 1.29 is 22.6 Å². The normalized spacial score (nSPS) is 30.1. The highest BCUT2D eigenvalue weighted by atomic mass is 19.4. The SMILES string of the molecule is FC(F)(F)Oc1ccc2c(c1)[C@H]1OCCC[C@H]1[C@@H](C1CCCCC1)N2. The molecule has 0 bridgehead atoms. The third kappa shape index (κ3) is 3.59. The van der Waals surface area contributed by atoms with E-state index in [1.807, 2.05) is 0 Å². The molecule has 1 N–H and O–H groups in total. The van der Waals surface area contributed by atoms with Crippen LogP contribution in [0.3, 0.4) is 0 Å². The van der Waals surface area contributed by atoms with Crippen molar-refractivity contribution in [2.75, 3.05) is 11.9 Å². The Morgan fingerprint density at radius 2 is 1.84 bits per heavy atom. The number of ether oxygens (including phenoxy) is 2. The van der Waals surface area contributed by atoms with Gasteiger partial charge in [0, 0.05) is 29.8 Å². The first-order valence-corrected chi connectivity index (χ1v) is 9.29. The van der Waals surface area contributed by atoms with Crippen molar-refractivity contribution in [2.24, 2.45) is 11.8 Å². The van der Waals surface area contributed by atoms with Gasteiger partial charge < -0.3 is 14.8 Å². The summed E-state index contributed by atoms with van der Waals surface area (Å²) in [6, 6.07) is 4.95. The van der Waals surface area contributed by atoms with Crippen LogP contribution in [0.25, 0.3) is 0 Å². The lowest BCUT2D eigenvalue weighted by Crippen LogP contribution is -2.46. The molecule has 4 rings (SSSR count). The highest BCUT2D eigenvalue weighted by molar-refractivity contribution is 5.58. The van der Waals surface area contributed by atoms with Crippen LogP contribution in [-0.4, -0.2) is 19.0 Å². The van der Waals surface area contributed by atoms with E-state index in [2.05, 4.69) is 10.1 Å². The lowest BCUT2D eigenvalue weighted by atomic mass is 9.71. The summed E-state index contributed by atoms with van der Waals surface area (Å²) in [5, 5.41) is 3.64. The lowest BCUT2D eigenvalue weighted by molar-refractivity contribution is -0.274. The number of fused-ring (bicyclic) bond motifs is 3. The first-order chi connectivity index (χ1) is 12.0. The molecule has 1 aliphatic carbocycles. The number of benzene rings is 1. The minimum absolute atomic E-state index is 0.131. The van der Waals surface area contributed by atoms with Gasteiger partial charge in [-0.2, -0.15) is 0 Å². The summed E-state index contributed by atoms with van der Waals surface area (Å²) < 4.78 is 47.8. The van der Waals surface area contributed by atoms with Gasteiger partial charge >= 0.3 is 6.36 Å². The molecule has 3 nitrogen and oxygen atoms in total. The maximum atomic E-state index is 12.5. The first kappa shape index (κ1) is 17.0. The van der Waals surface area contributed by atoms with E-state index in [0.29, 0.717) is 24.5 Å². The van der Waals surface area contributed by atoms with Crippen molar-refractivity contribution in [3.63, 3.8) is 0 Å². The molecule has 0 spiro atoms. The number of halogens is 3. The van der Waals surface area contributed by atoms with Crippen molar-refractivity contribution >= 4 is 5.69 Å². The zero-order chi connectivity index (χ0) is 17.4. The van der Waals surface area contributed by atoms with Crippen LogP contribution in [0.2, 0.25) is 0 Å². The second kappa shape index (κ2) is 6.71. The molecule has 2 heterocycles. The Kier molecular flexibility index (Phi) is 4.56. The Morgan fingerprint density at radius 3 is 2.60 bits per heavy atom. The summed E-state index contributed by atoms with van der Waals surface area (Å²) in [7, 11) is 0. The van der Waals surface area contributed by atoms with E-state index in [0.717, 1.165) is 24.1 Å². The van der Waals surface area contributed by atoms with Crippen LogP contribution in [0.15, 0.2) is 18.2 Å². The molecule has 1 saturated heterocycles. The molecular weight excluding hydrogens is 331 g/mol. The van der Waals surface area contributed by atoms with Crippen LogP contribution >= 0.6 is 0 Å². The maximum Gasteiger partial charge on any atom is 0.573 e. The Balaban J connectivity index is 1.63. The highest BCUT2D eigenvalue weighted by Gasteiger charge is 2.43. The molecule has 138 valence electrons. The molecule has 0 amide bonds. The Hall–Kier alpha value is -1.43. The molecule has 2 aliphatic heterocycles. The molecule has 0 radical (unpaired) electrons. The van der Waals surface area contributed by atoms with E-state index in [9.17, 15) is 13.2 Å². The predicted octanol–water partition coefficient (Wildman–Crippen LogP) is 5.43. The molecule has 2 fully saturated rings. The van der Waals surface area contributed by atoms with E-state index < -0.39 is 6.36 Å². The quantitative estimate of drug-likeness (QED) is 0.768. The number of rotatable bonds is 2. The zero-order valence-corrected chi connectivity index (χ0v) is 14.1. The van der Waals surface area contributed by atoms with Gasteiger partial charge in [0.1, 0.15) is 5.75 Å². The van der Waals surface area contributed by atoms with Crippen LogP contribution in [0.1, 0.15) is 56.6 Å². The highest BCUT2D eigenvalue weighted by Crippen LogP contribution is 2.48. The molecule has 6 heteroatoms. The minimum Gasteiger partial charge on any atom is -0.406 e. The summed E-state index contributed by atoms with van der Waals surface area (Å²) in [6.07, 6.45) is 3.57. The molecule has 1 aromatic carbocycles. The van der Waals surface area contributed by atoms with Crippen molar-refractivity contribution in [1.82, 2.24) is 0 Å². The molecule has 1 saturated carbocycles. The standard InChI is InChI=1S/C19H24F3NO2/c20-19(21,22)25-13-8-9-16-15(11-13)18-14(7-4-10-24-18)17(23-16)12-5-2-1-3-6-12/h8-9,11-12,14,17-18,23H,1-7,10H2/t14-,17+,18-/m0/s1. The number of hydrogen-bond donors (Lipinski definition) is 1. The average Bonchev–Trinajstić information content (AvgIpc) is 2.60. The third-order valence-electron chi connectivity index (χ3n) is 5.87. The van der Waals surface area contributed by atoms with Crippen LogP contribution < -0.4 is 10.1 Å². The van der Waals surface area contributed by atoms with E-state index >= 15 is 0 Å². The van der Waals surface area contributed by atoms with Crippen LogP contribution in [-0.2, 0) is 4.74 Å². The topological polar surface area (TPSA) is 30.5 Å². The average molecular weight is 355 g/mol. The van der Waals surface area contributed by atoms with Crippen LogP contribution in [0.4, 0.5) is 18.9 Å². The zero-order valence-electron chi connectivity index (χ0n) is 14.1. The Morgan fingerprint density at radius 1 is 1.04 bits per heavy atom. The molecule has 3 atom stereocenters. The first-order valence-electron chi connectivity index (χ1n) is 9.29. The van der Waals surface area contributed by atoms with Gasteiger partial charge in [-0.1, -0.05) is 19.3 Å². The fourth-order valence-corrected chi connectivity index (χ4v) is 4.84. The van der Waals surface area contributed by atoms with Crippen LogP contribution in [0, 0.1) is 11.8 Å². The summed E-state index contributed by atoms with van der Waals surface area (Å²) >= 11 is 0. The summed E-state index contributed by atoms with van der Waals surface area (Å²) in [6.45, 7) is 0.669. The number of alkyl halides is 3. The van der Waals surface area contributed by atoms with Gasteiger partial charge in [0.2, 0.25) is 0 Å².